The van der Waals surface area contributed by atoms with Crippen LogP contribution in [0.3, 0.4) is 0 Å². The molecule has 110 valence electrons. The number of nitrogens with zero attached hydrogens (tertiary/aromatic N) is 1. The van der Waals surface area contributed by atoms with Crippen molar-refractivity contribution in [2.45, 2.75) is 32.1 Å². The molecule has 0 bridgehead atoms. The summed E-state index contributed by atoms with van der Waals surface area (Å²) in [6, 6.07) is 6.93. The summed E-state index contributed by atoms with van der Waals surface area (Å²) in [7, 11) is 0. The van der Waals surface area contributed by atoms with Crippen LogP contribution in [-0.4, -0.2) is 22.5 Å². The Morgan fingerprint density at radius 1 is 1.29 bits per heavy atom. The van der Waals surface area contributed by atoms with Gasteiger partial charge in [0.2, 0.25) is 0 Å². The molecule has 0 spiro atoms. The lowest BCUT2D eigenvalue weighted by atomic mass is 9.89. The van der Waals surface area contributed by atoms with Crippen LogP contribution >= 0.6 is 0 Å². The number of hydrogen-bond acceptors (Lipinski definition) is 3. The molecule has 0 radical (unpaired) electrons. The van der Waals surface area contributed by atoms with Crippen LogP contribution in [0.15, 0.2) is 30.5 Å². The van der Waals surface area contributed by atoms with Crippen LogP contribution in [0.2, 0.25) is 0 Å². The molecule has 1 aliphatic rings. The van der Waals surface area contributed by atoms with Gasteiger partial charge in [-0.05, 0) is 37.0 Å². The van der Waals surface area contributed by atoms with E-state index >= 15 is 0 Å². The van der Waals surface area contributed by atoms with E-state index in [1.807, 2.05) is 12.1 Å². The van der Waals surface area contributed by atoms with Gasteiger partial charge in [-0.2, -0.15) is 0 Å². The van der Waals surface area contributed by atoms with Crippen LogP contribution in [0, 0.1) is 5.92 Å². The minimum absolute atomic E-state index is 0.0108. The fourth-order valence-corrected chi connectivity index (χ4v) is 3.01. The summed E-state index contributed by atoms with van der Waals surface area (Å²) in [5, 5.41) is 13.8. The Morgan fingerprint density at radius 3 is 2.90 bits per heavy atom. The van der Waals surface area contributed by atoms with Crippen LogP contribution in [0.5, 0.6) is 5.75 Å². The average molecular weight is 284 g/mol. The van der Waals surface area contributed by atoms with Crippen molar-refractivity contribution in [2.24, 2.45) is 5.92 Å². The van der Waals surface area contributed by atoms with E-state index in [1.54, 1.807) is 18.3 Å². The van der Waals surface area contributed by atoms with Gasteiger partial charge < -0.3 is 10.4 Å². The van der Waals surface area contributed by atoms with E-state index in [0.29, 0.717) is 18.0 Å². The van der Waals surface area contributed by atoms with Gasteiger partial charge in [-0.3, -0.25) is 9.78 Å². The third-order valence-electron chi connectivity index (χ3n) is 4.24. The zero-order valence-electron chi connectivity index (χ0n) is 12.0. The first kappa shape index (κ1) is 13.9. The maximum atomic E-state index is 12.3. The topological polar surface area (TPSA) is 62.2 Å². The molecule has 3 rings (SSSR count). The number of carbonyl (C=O) groups excluding carboxylic acids is 1. The predicted molar refractivity (Wildman–Crippen MR) is 82.3 cm³/mol. The molecule has 21 heavy (non-hydrogen) atoms. The van der Waals surface area contributed by atoms with Gasteiger partial charge >= 0.3 is 0 Å². The molecule has 1 aromatic carbocycles. The molecule has 2 N–H and O–H groups in total. The van der Waals surface area contributed by atoms with E-state index in [-0.39, 0.29) is 11.7 Å². The Kier molecular flexibility index (Phi) is 4.04. The Hall–Kier alpha value is -2.10. The average Bonchev–Trinajstić information content (AvgIpc) is 2.53. The monoisotopic (exact) mass is 284 g/mol. The highest BCUT2D eigenvalue weighted by molar-refractivity contribution is 6.00. The molecule has 0 saturated heterocycles. The first-order chi connectivity index (χ1) is 10.2. The molecule has 1 amide bonds. The van der Waals surface area contributed by atoms with Crippen molar-refractivity contribution >= 4 is 16.8 Å². The van der Waals surface area contributed by atoms with Crippen molar-refractivity contribution in [2.75, 3.05) is 6.54 Å². The highest BCUT2D eigenvalue weighted by Crippen LogP contribution is 2.25. The second-order valence-corrected chi connectivity index (χ2v) is 5.78. The molecular weight excluding hydrogens is 264 g/mol. The molecule has 1 aliphatic carbocycles. The molecule has 4 nitrogen and oxygen atoms in total. The first-order valence-corrected chi connectivity index (χ1v) is 7.60. The molecular formula is C17H20N2O2. The van der Waals surface area contributed by atoms with Crippen LogP contribution in [-0.2, 0) is 0 Å². The number of phenolic OH excluding ortho intramolecular Hbond substituents is 1. The number of hydrogen-bond donors (Lipinski definition) is 2. The summed E-state index contributed by atoms with van der Waals surface area (Å²) in [6.45, 7) is 0.693. The number of amides is 1. The summed E-state index contributed by atoms with van der Waals surface area (Å²) < 4.78 is 0. The molecule has 1 fully saturated rings. The quantitative estimate of drug-likeness (QED) is 0.909. The maximum absolute atomic E-state index is 12.3. The summed E-state index contributed by atoms with van der Waals surface area (Å²) in [5.41, 5.74) is 1.02. The normalized spacial score (nSPS) is 16.0. The summed E-state index contributed by atoms with van der Waals surface area (Å²) >= 11 is 0. The Labute approximate surface area is 124 Å². The number of fused-ring (bicyclic) bond motifs is 1. The van der Waals surface area contributed by atoms with Crippen LogP contribution in [0.4, 0.5) is 0 Å². The molecule has 1 heterocycles. The smallest absolute Gasteiger partial charge is 0.255 e. The number of rotatable bonds is 3. The fraction of sp³-hybridized carbons (Fsp3) is 0.412. The van der Waals surface area contributed by atoms with Crippen molar-refractivity contribution < 1.29 is 9.90 Å². The Balaban J connectivity index is 1.73. The molecule has 0 unspecified atom stereocenters. The highest BCUT2D eigenvalue weighted by Gasteiger charge is 2.17. The first-order valence-electron chi connectivity index (χ1n) is 7.60. The number of nitrogens with one attached hydrogen (secondary N) is 1. The van der Waals surface area contributed by atoms with Gasteiger partial charge in [0.15, 0.2) is 0 Å². The number of aromatic nitrogens is 1. The van der Waals surface area contributed by atoms with Crippen LogP contribution in [0.25, 0.3) is 10.9 Å². The standard InChI is InChI=1S/C17H20N2O2/c20-16-9-13-7-4-8-18-15(13)10-14(16)17(21)19-11-12-5-2-1-3-6-12/h4,7-10,12,20H,1-3,5-6,11H2,(H,19,21). The van der Waals surface area contributed by atoms with Gasteiger partial charge in [-0.1, -0.05) is 25.3 Å². The second-order valence-electron chi connectivity index (χ2n) is 5.78. The summed E-state index contributed by atoms with van der Waals surface area (Å²) in [4.78, 5) is 16.5. The largest absolute Gasteiger partial charge is 0.507 e. The Morgan fingerprint density at radius 2 is 2.10 bits per heavy atom. The fourth-order valence-electron chi connectivity index (χ4n) is 3.01. The van der Waals surface area contributed by atoms with Crippen LogP contribution < -0.4 is 5.32 Å². The number of benzene rings is 1. The van der Waals surface area contributed by atoms with Gasteiger partial charge in [0, 0.05) is 18.1 Å². The van der Waals surface area contributed by atoms with Gasteiger partial charge in [0.05, 0.1) is 11.1 Å². The zero-order valence-corrected chi connectivity index (χ0v) is 12.0. The van der Waals surface area contributed by atoms with Crippen molar-refractivity contribution in [1.82, 2.24) is 10.3 Å². The zero-order chi connectivity index (χ0) is 14.7. The van der Waals surface area contributed by atoms with E-state index < -0.39 is 0 Å². The van der Waals surface area contributed by atoms with Gasteiger partial charge in [0.1, 0.15) is 5.75 Å². The van der Waals surface area contributed by atoms with E-state index in [4.69, 9.17) is 0 Å². The van der Waals surface area contributed by atoms with E-state index in [2.05, 4.69) is 10.3 Å². The second kappa shape index (κ2) is 6.12. The molecule has 2 aromatic rings. The van der Waals surface area contributed by atoms with Crippen molar-refractivity contribution in [3.8, 4) is 5.75 Å². The molecule has 0 aliphatic heterocycles. The lowest BCUT2D eigenvalue weighted by Crippen LogP contribution is -2.30. The minimum atomic E-state index is -0.217. The Bertz CT molecular complexity index is 648. The van der Waals surface area contributed by atoms with Gasteiger partial charge in [0.25, 0.3) is 5.91 Å². The number of carbonyl (C=O) groups is 1. The summed E-state index contributed by atoms with van der Waals surface area (Å²) in [5.74, 6) is 0.366. The number of aromatic hydroxyl groups is 1. The third-order valence-corrected chi connectivity index (χ3v) is 4.24. The molecule has 1 aromatic heterocycles. The van der Waals surface area contributed by atoms with Gasteiger partial charge in [-0.15, -0.1) is 0 Å². The van der Waals surface area contributed by atoms with Crippen molar-refractivity contribution in [3.05, 3.63) is 36.0 Å². The van der Waals surface area contributed by atoms with Gasteiger partial charge in [-0.25, -0.2) is 0 Å². The molecule has 4 heteroatoms. The van der Waals surface area contributed by atoms with E-state index in [0.717, 1.165) is 10.9 Å². The predicted octanol–water partition coefficient (Wildman–Crippen LogP) is 3.25. The number of phenols is 1. The van der Waals surface area contributed by atoms with E-state index in [9.17, 15) is 9.90 Å². The van der Waals surface area contributed by atoms with Crippen molar-refractivity contribution in [1.29, 1.82) is 0 Å². The highest BCUT2D eigenvalue weighted by atomic mass is 16.3. The van der Waals surface area contributed by atoms with E-state index in [1.165, 1.54) is 32.1 Å². The molecule has 0 atom stereocenters. The lowest BCUT2D eigenvalue weighted by Gasteiger charge is -2.21. The van der Waals surface area contributed by atoms with Crippen molar-refractivity contribution in [3.63, 3.8) is 0 Å². The minimum Gasteiger partial charge on any atom is -0.507 e. The summed E-state index contributed by atoms with van der Waals surface area (Å²) in [6.07, 6.45) is 7.87. The lowest BCUT2D eigenvalue weighted by molar-refractivity contribution is 0.0941. The number of pyridine rings is 1. The van der Waals surface area contributed by atoms with Crippen LogP contribution in [0.1, 0.15) is 42.5 Å². The third kappa shape index (κ3) is 3.15. The SMILES string of the molecule is O=C(NCC1CCCCC1)c1cc2ncccc2cc1O. The maximum Gasteiger partial charge on any atom is 0.255 e. The molecule has 1 saturated carbocycles.